The molecule has 0 spiro atoms. The van der Waals surface area contributed by atoms with Crippen molar-refractivity contribution in [3.63, 3.8) is 0 Å². The second kappa shape index (κ2) is 10.4. The van der Waals surface area contributed by atoms with Gasteiger partial charge in [0.2, 0.25) is 0 Å². The lowest BCUT2D eigenvalue weighted by molar-refractivity contribution is 0.0697. The number of anilines is 2. The van der Waals surface area contributed by atoms with E-state index in [1.807, 2.05) is 6.07 Å². The minimum Gasteiger partial charge on any atom is -0.478 e. The highest BCUT2D eigenvalue weighted by atomic mass is 16.4. The third-order valence-electron chi connectivity index (χ3n) is 6.16. The van der Waals surface area contributed by atoms with Gasteiger partial charge in [-0.3, -0.25) is 0 Å². The van der Waals surface area contributed by atoms with E-state index in [0.29, 0.717) is 12.6 Å². The number of nitrogens with zero attached hydrogens (tertiary/aromatic N) is 3. The summed E-state index contributed by atoms with van der Waals surface area (Å²) in [4.78, 5) is 21.1. The van der Waals surface area contributed by atoms with Crippen molar-refractivity contribution in [1.82, 2.24) is 4.90 Å². The molecule has 1 fully saturated rings. The Morgan fingerprint density at radius 3 is 2.47 bits per heavy atom. The summed E-state index contributed by atoms with van der Waals surface area (Å²) in [5.41, 5.74) is 5.82. The van der Waals surface area contributed by atoms with Crippen molar-refractivity contribution in [3.05, 3.63) is 95.1 Å². The van der Waals surface area contributed by atoms with E-state index in [9.17, 15) is 9.90 Å². The van der Waals surface area contributed by atoms with Crippen molar-refractivity contribution in [2.24, 2.45) is 4.99 Å². The summed E-state index contributed by atoms with van der Waals surface area (Å²) in [5.74, 6) is -0.180. The number of hydrogen-bond acceptors (Lipinski definition) is 3. The molecule has 0 aliphatic carbocycles. The molecule has 3 aromatic rings. The van der Waals surface area contributed by atoms with E-state index in [0.717, 1.165) is 36.8 Å². The molecule has 0 radical (unpaired) electrons. The minimum atomic E-state index is -0.942. The highest BCUT2D eigenvalue weighted by Crippen LogP contribution is 2.22. The number of carboxylic acids is 1. The maximum atomic E-state index is 11.4. The van der Waals surface area contributed by atoms with Crippen LogP contribution in [0, 0.1) is 13.8 Å². The van der Waals surface area contributed by atoms with E-state index in [-0.39, 0.29) is 5.56 Å². The number of piperazine rings is 1. The monoisotopic (exact) mass is 456 g/mol. The molecule has 1 saturated heterocycles. The second-order valence-electron chi connectivity index (χ2n) is 8.96. The van der Waals surface area contributed by atoms with Gasteiger partial charge in [-0.1, -0.05) is 48.0 Å². The van der Waals surface area contributed by atoms with Crippen LogP contribution in [0.3, 0.4) is 0 Å². The van der Waals surface area contributed by atoms with Crippen LogP contribution in [0.5, 0.6) is 0 Å². The number of carbonyl (C=O) groups is 1. The van der Waals surface area contributed by atoms with Gasteiger partial charge in [0.05, 0.1) is 12.1 Å². The normalized spacial score (nSPS) is 16.4. The molecule has 1 heterocycles. The molecule has 1 atom stereocenters. The predicted molar refractivity (Wildman–Crippen MR) is 139 cm³/mol. The van der Waals surface area contributed by atoms with Crippen molar-refractivity contribution in [2.45, 2.75) is 33.4 Å². The largest absolute Gasteiger partial charge is 0.478 e. The molecular formula is C28H32N4O2. The number of carboxylic acid groups (broad SMARTS) is 1. The topological polar surface area (TPSA) is 68.2 Å². The van der Waals surface area contributed by atoms with Gasteiger partial charge in [0.25, 0.3) is 0 Å². The molecule has 176 valence electrons. The first-order chi connectivity index (χ1) is 16.4. The number of guanidine groups is 1. The first kappa shape index (κ1) is 23.4. The third kappa shape index (κ3) is 5.76. The standard InChI is InChI=1S/C28H32N4O2/c1-20-10-12-23(13-11-20)18-29-28(30-25-8-5-7-24(17-25)27(33)34)31-14-15-32(22(3)19-31)26-9-4-6-21(2)16-26/h4-13,16-17,22H,14-15,18-19H2,1-3H3,(H,29,30)(H,33,34)/t22-/m1/s1. The summed E-state index contributed by atoms with van der Waals surface area (Å²) in [6.07, 6.45) is 0. The van der Waals surface area contributed by atoms with Crippen molar-refractivity contribution in [1.29, 1.82) is 0 Å². The van der Waals surface area contributed by atoms with Gasteiger partial charge >= 0.3 is 5.97 Å². The van der Waals surface area contributed by atoms with Crippen LogP contribution in [-0.2, 0) is 6.54 Å². The van der Waals surface area contributed by atoms with E-state index in [4.69, 9.17) is 4.99 Å². The van der Waals surface area contributed by atoms with Crippen LogP contribution in [0.2, 0.25) is 0 Å². The Morgan fingerprint density at radius 1 is 1.00 bits per heavy atom. The zero-order valence-corrected chi connectivity index (χ0v) is 20.0. The van der Waals surface area contributed by atoms with E-state index in [1.54, 1.807) is 18.2 Å². The molecular weight excluding hydrogens is 424 g/mol. The van der Waals surface area contributed by atoms with Crippen molar-refractivity contribution >= 4 is 23.3 Å². The lowest BCUT2D eigenvalue weighted by Crippen LogP contribution is -2.55. The zero-order chi connectivity index (χ0) is 24.1. The smallest absolute Gasteiger partial charge is 0.335 e. The highest BCUT2D eigenvalue weighted by Gasteiger charge is 2.26. The Balaban J connectivity index is 1.56. The summed E-state index contributed by atoms with van der Waals surface area (Å²) in [5, 5.41) is 12.8. The molecule has 3 aromatic carbocycles. The molecule has 6 heteroatoms. The Bertz CT molecular complexity index is 1170. The van der Waals surface area contributed by atoms with Gasteiger partial charge in [0.1, 0.15) is 0 Å². The van der Waals surface area contributed by atoms with Crippen LogP contribution < -0.4 is 10.2 Å². The first-order valence-corrected chi connectivity index (χ1v) is 11.7. The summed E-state index contributed by atoms with van der Waals surface area (Å²) >= 11 is 0. The van der Waals surface area contributed by atoms with E-state index in [2.05, 4.69) is 84.4 Å². The first-order valence-electron chi connectivity index (χ1n) is 11.7. The molecule has 1 aliphatic heterocycles. The molecule has 0 bridgehead atoms. The highest BCUT2D eigenvalue weighted by molar-refractivity contribution is 5.96. The number of aliphatic imine (C=N–C) groups is 1. The molecule has 4 rings (SSSR count). The molecule has 0 aromatic heterocycles. The quantitative estimate of drug-likeness (QED) is 0.409. The Labute approximate surface area is 201 Å². The summed E-state index contributed by atoms with van der Waals surface area (Å²) in [6, 6.07) is 24.2. The Kier molecular flexibility index (Phi) is 7.16. The molecule has 34 heavy (non-hydrogen) atoms. The van der Waals surface area contributed by atoms with E-state index in [1.165, 1.54) is 16.8 Å². The van der Waals surface area contributed by atoms with Gasteiger partial charge in [0.15, 0.2) is 5.96 Å². The number of aromatic carboxylic acids is 1. The van der Waals surface area contributed by atoms with E-state index >= 15 is 0 Å². The predicted octanol–water partition coefficient (Wildman–Crippen LogP) is 5.18. The Morgan fingerprint density at radius 2 is 1.76 bits per heavy atom. The molecule has 0 amide bonds. The summed E-state index contributed by atoms with van der Waals surface area (Å²) in [7, 11) is 0. The third-order valence-corrected chi connectivity index (χ3v) is 6.16. The zero-order valence-electron chi connectivity index (χ0n) is 20.0. The number of rotatable bonds is 5. The summed E-state index contributed by atoms with van der Waals surface area (Å²) < 4.78 is 0. The fourth-order valence-corrected chi connectivity index (χ4v) is 4.28. The van der Waals surface area contributed by atoms with Gasteiger partial charge < -0.3 is 20.2 Å². The second-order valence-corrected chi connectivity index (χ2v) is 8.96. The van der Waals surface area contributed by atoms with Crippen molar-refractivity contribution < 1.29 is 9.90 Å². The number of hydrogen-bond donors (Lipinski definition) is 2. The average molecular weight is 457 g/mol. The van der Waals surface area contributed by atoms with Crippen LogP contribution in [0.4, 0.5) is 11.4 Å². The van der Waals surface area contributed by atoms with Crippen LogP contribution in [-0.4, -0.2) is 47.6 Å². The van der Waals surface area contributed by atoms with Gasteiger partial charge in [0, 0.05) is 37.1 Å². The van der Waals surface area contributed by atoms with Crippen LogP contribution in [0.25, 0.3) is 0 Å². The lowest BCUT2D eigenvalue weighted by Gasteiger charge is -2.42. The molecule has 1 aliphatic rings. The fourth-order valence-electron chi connectivity index (χ4n) is 4.28. The van der Waals surface area contributed by atoms with Gasteiger partial charge in [-0.05, 0) is 62.2 Å². The summed E-state index contributed by atoms with van der Waals surface area (Å²) in [6.45, 7) is 9.48. The van der Waals surface area contributed by atoms with Gasteiger partial charge in [-0.2, -0.15) is 0 Å². The number of benzene rings is 3. The number of nitrogens with one attached hydrogen (secondary N) is 1. The number of aryl methyl sites for hydroxylation is 2. The maximum absolute atomic E-state index is 11.4. The van der Waals surface area contributed by atoms with Crippen LogP contribution in [0.1, 0.15) is 34.0 Å². The van der Waals surface area contributed by atoms with Crippen LogP contribution >= 0.6 is 0 Å². The molecule has 2 N–H and O–H groups in total. The average Bonchev–Trinajstić information content (AvgIpc) is 2.83. The molecule has 0 saturated carbocycles. The van der Waals surface area contributed by atoms with E-state index < -0.39 is 5.97 Å². The molecule has 0 unspecified atom stereocenters. The fraction of sp³-hybridized carbons (Fsp3) is 0.286. The van der Waals surface area contributed by atoms with Crippen molar-refractivity contribution in [3.8, 4) is 0 Å². The minimum absolute atomic E-state index is 0.250. The van der Waals surface area contributed by atoms with Gasteiger partial charge in [-0.15, -0.1) is 0 Å². The van der Waals surface area contributed by atoms with Crippen LogP contribution in [0.15, 0.2) is 77.8 Å². The van der Waals surface area contributed by atoms with Gasteiger partial charge in [-0.25, -0.2) is 9.79 Å². The maximum Gasteiger partial charge on any atom is 0.335 e. The Hall–Kier alpha value is -3.80. The molecule has 6 nitrogen and oxygen atoms in total. The lowest BCUT2D eigenvalue weighted by atomic mass is 10.1. The SMILES string of the molecule is Cc1ccc(CN=C(Nc2cccc(C(=O)O)c2)N2CCN(c3cccc(C)c3)[C@H](C)C2)cc1. The van der Waals surface area contributed by atoms with Crippen molar-refractivity contribution in [2.75, 3.05) is 29.9 Å².